The molecule has 0 spiro atoms. The van der Waals surface area contributed by atoms with Crippen molar-refractivity contribution >= 4 is 24.8 Å². The molecule has 2 nitrogen and oxygen atoms in total. The normalized spacial score (nSPS) is 33.8. The SMILES string of the molecule is CC1(C)CC(N)CC(C)(CCN)C1.Cl.Cl. The first-order valence-corrected chi connectivity index (χ1v) is 5.33. The summed E-state index contributed by atoms with van der Waals surface area (Å²) in [4.78, 5) is 0. The molecule has 1 fully saturated rings. The molecule has 0 aliphatic heterocycles. The zero-order valence-corrected chi connectivity index (χ0v) is 11.7. The Bertz CT molecular complexity index is 185. The second-order valence-corrected chi connectivity index (χ2v) is 5.86. The molecule has 1 aliphatic rings. The second-order valence-electron chi connectivity index (χ2n) is 5.86. The van der Waals surface area contributed by atoms with Gasteiger partial charge in [-0.2, -0.15) is 0 Å². The van der Waals surface area contributed by atoms with Gasteiger partial charge >= 0.3 is 0 Å². The predicted octanol–water partition coefficient (Wildman–Crippen LogP) is 2.72. The van der Waals surface area contributed by atoms with Crippen molar-refractivity contribution in [1.29, 1.82) is 0 Å². The van der Waals surface area contributed by atoms with Gasteiger partial charge in [0.2, 0.25) is 0 Å². The largest absolute Gasteiger partial charge is 0.330 e. The van der Waals surface area contributed by atoms with Gasteiger partial charge in [-0.25, -0.2) is 0 Å². The zero-order valence-electron chi connectivity index (χ0n) is 10.1. The molecule has 15 heavy (non-hydrogen) atoms. The summed E-state index contributed by atoms with van der Waals surface area (Å²) in [6.45, 7) is 7.77. The van der Waals surface area contributed by atoms with Crippen molar-refractivity contribution in [2.75, 3.05) is 6.54 Å². The summed E-state index contributed by atoms with van der Waals surface area (Å²) in [7, 11) is 0. The van der Waals surface area contributed by atoms with Gasteiger partial charge < -0.3 is 11.5 Å². The number of halogens is 2. The van der Waals surface area contributed by atoms with Crippen LogP contribution < -0.4 is 11.5 Å². The van der Waals surface area contributed by atoms with Crippen LogP contribution >= 0.6 is 24.8 Å². The van der Waals surface area contributed by atoms with Crippen LogP contribution in [-0.4, -0.2) is 12.6 Å². The molecule has 94 valence electrons. The number of hydrogen-bond acceptors (Lipinski definition) is 2. The smallest absolute Gasteiger partial charge is 0.00491 e. The molecular formula is C11H26Cl2N2. The Kier molecular flexibility index (Phi) is 7.50. The van der Waals surface area contributed by atoms with E-state index in [4.69, 9.17) is 11.5 Å². The van der Waals surface area contributed by atoms with E-state index in [1.54, 1.807) is 0 Å². The molecule has 0 aromatic heterocycles. The standard InChI is InChI=1S/C11H24N2.2ClH/c1-10(2)6-9(13)7-11(3,8-10)4-5-12;;/h9H,4-8,12-13H2,1-3H3;2*1H. The summed E-state index contributed by atoms with van der Waals surface area (Å²) in [5.74, 6) is 0. The van der Waals surface area contributed by atoms with Crippen LogP contribution in [0.5, 0.6) is 0 Å². The fourth-order valence-corrected chi connectivity index (χ4v) is 3.25. The molecule has 1 aliphatic carbocycles. The van der Waals surface area contributed by atoms with Crippen molar-refractivity contribution in [2.24, 2.45) is 22.3 Å². The van der Waals surface area contributed by atoms with E-state index in [0.717, 1.165) is 25.8 Å². The fraction of sp³-hybridized carbons (Fsp3) is 1.00. The minimum absolute atomic E-state index is 0. The fourth-order valence-electron chi connectivity index (χ4n) is 3.25. The molecule has 2 unspecified atom stereocenters. The van der Waals surface area contributed by atoms with Crippen LogP contribution in [0.3, 0.4) is 0 Å². The summed E-state index contributed by atoms with van der Waals surface area (Å²) in [5, 5.41) is 0. The minimum atomic E-state index is 0. The average molecular weight is 257 g/mol. The van der Waals surface area contributed by atoms with E-state index in [0.29, 0.717) is 16.9 Å². The maximum atomic E-state index is 6.08. The highest BCUT2D eigenvalue weighted by Gasteiger charge is 2.39. The van der Waals surface area contributed by atoms with Crippen molar-refractivity contribution < 1.29 is 0 Å². The lowest BCUT2D eigenvalue weighted by molar-refractivity contribution is 0.0781. The summed E-state index contributed by atoms with van der Waals surface area (Å²) in [5.41, 5.74) is 12.5. The van der Waals surface area contributed by atoms with E-state index in [1.807, 2.05) is 0 Å². The van der Waals surface area contributed by atoms with Gasteiger partial charge in [0.15, 0.2) is 0 Å². The Morgan fingerprint density at radius 3 is 2.07 bits per heavy atom. The molecule has 0 amide bonds. The molecule has 0 aromatic rings. The molecule has 2 atom stereocenters. The van der Waals surface area contributed by atoms with Crippen LogP contribution in [0.15, 0.2) is 0 Å². The van der Waals surface area contributed by atoms with Crippen molar-refractivity contribution in [3.63, 3.8) is 0 Å². The van der Waals surface area contributed by atoms with Crippen LogP contribution in [0, 0.1) is 10.8 Å². The van der Waals surface area contributed by atoms with Gasteiger partial charge in [-0.15, -0.1) is 24.8 Å². The van der Waals surface area contributed by atoms with Gasteiger partial charge in [-0.05, 0) is 43.1 Å². The Morgan fingerprint density at radius 2 is 1.67 bits per heavy atom. The molecule has 0 heterocycles. The lowest BCUT2D eigenvalue weighted by atomic mass is 9.62. The molecule has 0 bridgehead atoms. The number of nitrogens with two attached hydrogens (primary N) is 2. The Labute approximate surface area is 106 Å². The first-order chi connectivity index (χ1) is 5.87. The second kappa shape index (κ2) is 6.29. The molecule has 1 saturated carbocycles. The van der Waals surface area contributed by atoms with Crippen molar-refractivity contribution in [1.82, 2.24) is 0 Å². The van der Waals surface area contributed by atoms with Crippen molar-refractivity contribution in [2.45, 2.75) is 52.5 Å². The Hall–Kier alpha value is 0.500. The topological polar surface area (TPSA) is 52.0 Å². The van der Waals surface area contributed by atoms with Gasteiger partial charge in [0, 0.05) is 6.04 Å². The Balaban J connectivity index is 0. The summed E-state index contributed by atoms with van der Waals surface area (Å²) in [6.07, 6.45) is 4.69. The van der Waals surface area contributed by atoms with E-state index in [1.165, 1.54) is 6.42 Å². The first kappa shape index (κ1) is 17.9. The highest BCUT2D eigenvalue weighted by Crippen LogP contribution is 2.46. The van der Waals surface area contributed by atoms with E-state index in [9.17, 15) is 0 Å². The minimum Gasteiger partial charge on any atom is -0.330 e. The lowest BCUT2D eigenvalue weighted by Crippen LogP contribution is -2.43. The molecule has 0 saturated heterocycles. The third kappa shape index (κ3) is 5.39. The van der Waals surface area contributed by atoms with Gasteiger partial charge in [0.25, 0.3) is 0 Å². The maximum absolute atomic E-state index is 6.08. The number of hydrogen-bond donors (Lipinski definition) is 2. The van der Waals surface area contributed by atoms with E-state index in [2.05, 4.69) is 20.8 Å². The molecule has 0 aromatic carbocycles. The number of rotatable bonds is 2. The molecule has 1 rings (SSSR count). The van der Waals surface area contributed by atoms with Crippen LogP contribution in [-0.2, 0) is 0 Å². The third-order valence-electron chi connectivity index (χ3n) is 3.22. The molecule has 4 N–H and O–H groups in total. The van der Waals surface area contributed by atoms with Crippen LogP contribution in [0.1, 0.15) is 46.5 Å². The summed E-state index contributed by atoms with van der Waals surface area (Å²) < 4.78 is 0. The monoisotopic (exact) mass is 256 g/mol. The van der Waals surface area contributed by atoms with Crippen molar-refractivity contribution in [3.05, 3.63) is 0 Å². The lowest BCUT2D eigenvalue weighted by Gasteiger charge is -2.45. The van der Waals surface area contributed by atoms with Crippen LogP contribution in [0.25, 0.3) is 0 Å². The quantitative estimate of drug-likeness (QED) is 0.799. The summed E-state index contributed by atoms with van der Waals surface area (Å²) in [6, 6.07) is 0.375. The Morgan fingerprint density at radius 1 is 1.13 bits per heavy atom. The van der Waals surface area contributed by atoms with Gasteiger partial charge in [0.05, 0.1) is 0 Å². The van der Waals surface area contributed by atoms with Gasteiger partial charge in [-0.3, -0.25) is 0 Å². The molecule has 0 radical (unpaired) electrons. The van der Waals surface area contributed by atoms with E-state index in [-0.39, 0.29) is 24.8 Å². The van der Waals surface area contributed by atoms with Crippen molar-refractivity contribution in [3.8, 4) is 0 Å². The van der Waals surface area contributed by atoms with Crippen LogP contribution in [0.4, 0.5) is 0 Å². The highest BCUT2D eigenvalue weighted by molar-refractivity contribution is 5.85. The first-order valence-electron chi connectivity index (χ1n) is 5.33. The van der Waals surface area contributed by atoms with Gasteiger partial charge in [-0.1, -0.05) is 20.8 Å². The predicted molar refractivity (Wildman–Crippen MR) is 71.9 cm³/mol. The summed E-state index contributed by atoms with van der Waals surface area (Å²) >= 11 is 0. The van der Waals surface area contributed by atoms with E-state index >= 15 is 0 Å². The third-order valence-corrected chi connectivity index (χ3v) is 3.22. The molecule has 4 heteroatoms. The van der Waals surface area contributed by atoms with Gasteiger partial charge in [0.1, 0.15) is 0 Å². The molecular weight excluding hydrogens is 231 g/mol. The maximum Gasteiger partial charge on any atom is 0.00491 e. The zero-order chi connectivity index (χ0) is 10.1. The average Bonchev–Trinajstić information content (AvgIpc) is 1.78. The highest BCUT2D eigenvalue weighted by atomic mass is 35.5. The van der Waals surface area contributed by atoms with E-state index < -0.39 is 0 Å². The van der Waals surface area contributed by atoms with Crippen LogP contribution in [0.2, 0.25) is 0 Å².